The Labute approximate surface area is 172 Å². The number of amides is 2. The highest BCUT2D eigenvalue weighted by Gasteiger charge is 2.34. The number of likely N-dealkylation sites (N-methyl/N-ethyl adjacent to an activating group) is 2. The van der Waals surface area contributed by atoms with E-state index < -0.39 is 0 Å². The van der Waals surface area contributed by atoms with E-state index in [1.54, 1.807) is 20.5 Å². The minimum Gasteiger partial charge on any atom is -0.344 e. The van der Waals surface area contributed by atoms with Crippen molar-refractivity contribution in [1.29, 1.82) is 0 Å². The SMILES string of the molecule is CCn1ccc(C(=O)N2CCN(C)C(C(=O)N(C)CCCc3ccccc3)C2)n1. The molecule has 2 aromatic rings. The number of carbonyl (C=O) groups is 2. The minimum atomic E-state index is -0.317. The van der Waals surface area contributed by atoms with E-state index in [-0.39, 0.29) is 17.9 Å². The van der Waals surface area contributed by atoms with Crippen LogP contribution in [0.4, 0.5) is 0 Å². The Hall–Kier alpha value is -2.67. The Balaban J connectivity index is 1.56. The van der Waals surface area contributed by atoms with Gasteiger partial charge in [-0.3, -0.25) is 19.2 Å². The predicted octanol–water partition coefficient (Wildman–Crippen LogP) is 1.75. The van der Waals surface area contributed by atoms with E-state index in [4.69, 9.17) is 0 Å². The van der Waals surface area contributed by atoms with Gasteiger partial charge in [-0.25, -0.2) is 0 Å². The van der Waals surface area contributed by atoms with Crippen molar-refractivity contribution in [1.82, 2.24) is 24.5 Å². The van der Waals surface area contributed by atoms with Gasteiger partial charge in [0.25, 0.3) is 5.91 Å². The van der Waals surface area contributed by atoms with Gasteiger partial charge in [-0.15, -0.1) is 0 Å². The third-order valence-electron chi connectivity index (χ3n) is 5.58. The molecule has 1 saturated heterocycles. The molecule has 1 unspecified atom stereocenters. The van der Waals surface area contributed by atoms with Crippen molar-refractivity contribution in [2.45, 2.75) is 32.4 Å². The molecule has 0 aliphatic carbocycles. The van der Waals surface area contributed by atoms with Crippen molar-refractivity contribution in [2.75, 3.05) is 40.3 Å². The number of aromatic nitrogens is 2. The first kappa shape index (κ1) is 21.0. The number of hydrogen-bond acceptors (Lipinski definition) is 4. The normalized spacial score (nSPS) is 17.3. The zero-order chi connectivity index (χ0) is 20.8. The summed E-state index contributed by atoms with van der Waals surface area (Å²) in [6.07, 6.45) is 3.68. The first-order valence-electron chi connectivity index (χ1n) is 10.3. The topological polar surface area (TPSA) is 61.7 Å². The van der Waals surface area contributed by atoms with E-state index in [0.29, 0.717) is 31.9 Å². The van der Waals surface area contributed by atoms with Crippen LogP contribution in [0.3, 0.4) is 0 Å². The molecule has 2 heterocycles. The first-order valence-corrected chi connectivity index (χ1v) is 10.3. The van der Waals surface area contributed by atoms with E-state index >= 15 is 0 Å². The summed E-state index contributed by atoms with van der Waals surface area (Å²) in [7, 11) is 3.80. The summed E-state index contributed by atoms with van der Waals surface area (Å²) in [4.78, 5) is 31.4. The van der Waals surface area contributed by atoms with Gasteiger partial charge in [-0.2, -0.15) is 5.10 Å². The van der Waals surface area contributed by atoms with Crippen LogP contribution in [0.2, 0.25) is 0 Å². The second-order valence-corrected chi connectivity index (χ2v) is 7.65. The van der Waals surface area contributed by atoms with Crippen molar-refractivity contribution in [2.24, 2.45) is 0 Å². The zero-order valence-electron chi connectivity index (χ0n) is 17.6. The second-order valence-electron chi connectivity index (χ2n) is 7.65. The van der Waals surface area contributed by atoms with Crippen LogP contribution in [0.25, 0.3) is 0 Å². The summed E-state index contributed by atoms with van der Waals surface area (Å²) in [5, 5.41) is 4.31. The van der Waals surface area contributed by atoms with Crippen molar-refractivity contribution in [3.63, 3.8) is 0 Å². The van der Waals surface area contributed by atoms with Gasteiger partial charge in [0.15, 0.2) is 0 Å². The van der Waals surface area contributed by atoms with Crippen LogP contribution in [-0.2, 0) is 17.8 Å². The molecular weight excluding hydrogens is 366 g/mol. The van der Waals surface area contributed by atoms with Gasteiger partial charge in [0.1, 0.15) is 11.7 Å². The Morgan fingerprint density at radius 2 is 1.93 bits per heavy atom. The van der Waals surface area contributed by atoms with Crippen LogP contribution in [0.1, 0.15) is 29.4 Å². The van der Waals surface area contributed by atoms with E-state index in [2.05, 4.69) is 17.2 Å². The van der Waals surface area contributed by atoms with Crippen molar-refractivity contribution >= 4 is 11.8 Å². The molecule has 0 bridgehead atoms. The molecule has 0 saturated carbocycles. The number of benzene rings is 1. The molecule has 0 radical (unpaired) electrons. The lowest BCUT2D eigenvalue weighted by atomic mass is 10.1. The Morgan fingerprint density at radius 1 is 1.17 bits per heavy atom. The quantitative estimate of drug-likeness (QED) is 0.714. The predicted molar refractivity (Wildman–Crippen MR) is 113 cm³/mol. The molecule has 3 rings (SSSR count). The summed E-state index contributed by atoms with van der Waals surface area (Å²) in [6.45, 7) is 5.09. The van der Waals surface area contributed by atoms with E-state index in [1.165, 1.54) is 5.56 Å². The van der Waals surface area contributed by atoms with Gasteiger partial charge < -0.3 is 9.80 Å². The molecule has 2 amide bonds. The number of hydrogen-bond donors (Lipinski definition) is 0. The van der Waals surface area contributed by atoms with Crippen molar-refractivity contribution < 1.29 is 9.59 Å². The number of carbonyl (C=O) groups excluding carboxylic acids is 2. The number of rotatable bonds is 7. The van der Waals surface area contributed by atoms with E-state index in [1.807, 2.05) is 50.3 Å². The molecule has 156 valence electrons. The van der Waals surface area contributed by atoms with E-state index in [9.17, 15) is 9.59 Å². The lowest BCUT2D eigenvalue weighted by molar-refractivity contribution is -0.137. The zero-order valence-corrected chi connectivity index (χ0v) is 17.6. The molecule has 7 heteroatoms. The summed E-state index contributed by atoms with van der Waals surface area (Å²) in [5.74, 6) is -0.0352. The lowest BCUT2D eigenvalue weighted by Gasteiger charge is -2.39. The van der Waals surface area contributed by atoms with Crippen molar-refractivity contribution in [3.05, 3.63) is 53.9 Å². The molecule has 7 nitrogen and oxygen atoms in total. The monoisotopic (exact) mass is 397 g/mol. The summed E-state index contributed by atoms with van der Waals surface area (Å²) in [5.41, 5.74) is 1.73. The maximum absolute atomic E-state index is 13.0. The third-order valence-corrected chi connectivity index (χ3v) is 5.58. The molecule has 0 spiro atoms. The van der Waals surface area contributed by atoms with Crippen LogP contribution < -0.4 is 0 Å². The molecular formula is C22H31N5O2. The number of aryl methyl sites for hydroxylation is 2. The van der Waals surface area contributed by atoms with Gasteiger partial charge in [0.2, 0.25) is 5.91 Å². The number of piperazine rings is 1. The Kier molecular flexibility index (Phi) is 7.04. The van der Waals surface area contributed by atoms with Crippen LogP contribution in [0.15, 0.2) is 42.6 Å². The van der Waals surface area contributed by atoms with Crippen LogP contribution in [0.5, 0.6) is 0 Å². The summed E-state index contributed by atoms with van der Waals surface area (Å²) in [6, 6.07) is 11.7. The van der Waals surface area contributed by atoms with Gasteiger partial charge in [0.05, 0.1) is 0 Å². The fourth-order valence-corrected chi connectivity index (χ4v) is 3.67. The second kappa shape index (κ2) is 9.69. The summed E-state index contributed by atoms with van der Waals surface area (Å²) >= 11 is 0. The van der Waals surface area contributed by atoms with E-state index in [0.717, 1.165) is 19.4 Å². The van der Waals surface area contributed by atoms with Crippen LogP contribution >= 0.6 is 0 Å². The Bertz CT molecular complexity index is 820. The minimum absolute atomic E-state index is 0.0668. The first-order chi connectivity index (χ1) is 14.0. The molecule has 1 atom stereocenters. The fourth-order valence-electron chi connectivity index (χ4n) is 3.67. The molecule has 0 N–H and O–H groups in total. The third kappa shape index (κ3) is 5.23. The lowest BCUT2D eigenvalue weighted by Crippen LogP contribution is -2.59. The van der Waals surface area contributed by atoms with Crippen LogP contribution in [-0.4, -0.2) is 82.6 Å². The van der Waals surface area contributed by atoms with Gasteiger partial charge in [0, 0.05) is 46.0 Å². The van der Waals surface area contributed by atoms with Gasteiger partial charge in [-0.1, -0.05) is 30.3 Å². The molecule has 1 aliphatic heterocycles. The smallest absolute Gasteiger partial charge is 0.274 e. The highest BCUT2D eigenvalue weighted by atomic mass is 16.2. The fraction of sp³-hybridized carbons (Fsp3) is 0.500. The standard InChI is InChI=1S/C22H31N5O2/c1-4-27-14-12-19(23-27)21(28)26-16-15-24(2)20(17-26)22(29)25(3)13-8-11-18-9-6-5-7-10-18/h5-7,9-10,12,14,20H,4,8,11,13,15-17H2,1-3H3. The maximum Gasteiger partial charge on any atom is 0.274 e. The molecule has 29 heavy (non-hydrogen) atoms. The molecule has 1 aliphatic rings. The highest BCUT2D eigenvalue weighted by Crippen LogP contribution is 2.14. The average molecular weight is 398 g/mol. The van der Waals surface area contributed by atoms with Gasteiger partial charge >= 0.3 is 0 Å². The molecule has 1 fully saturated rings. The number of nitrogens with zero attached hydrogens (tertiary/aromatic N) is 5. The average Bonchev–Trinajstić information content (AvgIpc) is 3.23. The Morgan fingerprint density at radius 3 is 2.62 bits per heavy atom. The van der Waals surface area contributed by atoms with Crippen molar-refractivity contribution in [3.8, 4) is 0 Å². The van der Waals surface area contributed by atoms with Crippen LogP contribution in [0, 0.1) is 0 Å². The largest absolute Gasteiger partial charge is 0.344 e. The maximum atomic E-state index is 13.0. The highest BCUT2D eigenvalue weighted by molar-refractivity contribution is 5.93. The summed E-state index contributed by atoms with van der Waals surface area (Å²) < 4.78 is 1.74. The van der Waals surface area contributed by atoms with Gasteiger partial charge in [-0.05, 0) is 38.4 Å². The molecule has 1 aromatic carbocycles. The molecule has 1 aromatic heterocycles.